The van der Waals surface area contributed by atoms with E-state index in [9.17, 15) is 9.59 Å². The molecule has 0 bridgehead atoms. The summed E-state index contributed by atoms with van der Waals surface area (Å²) < 4.78 is 15.7. The fourth-order valence-corrected chi connectivity index (χ4v) is 2.40. The van der Waals surface area contributed by atoms with Crippen LogP contribution in [-0.2, 0) is 19.0 Å². The molecule has 6 heteroatoms. The van der Waals surface area contributed by atoms with E-state index in [1.807, 2.05) is 34.6 Å². The van der Waals surface area contributed by atoms with Gasteiger partial charge in [-0.1, -0.05) is 20.3 Å². The van der Waals surface area contributed by atoms with Crippen LogP contribution in [0, 0.1) is 5.92 Å². The normalized spacial score (nSPS) is 23.8. The molecule has 6 nitrogen and oxygen atoms in total. The lowest BCUT2D eigenvalue weighted by Crippen LogP contribution is -2.46. The largest absolute Gasteiger partial charge is 0.469 e. The van der Waals surface area contributed by atoms with E-state index < -0.39 is 11.7 Å². The number of carbonyl (C=O) groups is 2. The van der Waals surface area contributed by atoms with Crippen LogP contribution in [0.25, 0.3) is 0 Å². The molecule has 1 amide bonds. The molecule has 0 aliphatic carbocycles. The summed E-state index contributed by atoms with van der Waals surface area (Å²) in [5, 5.41) is 0. The smallest absolute Gasteiger partial charge is 0.412 e. The van der Waals surface area contributed by atoms with E-state index in [1.165, 1.54) is 7.11 Å². The van der Waals surface area contributed by atoms with E-state index in [0.29, 0.717) is 0 Å². The van der Waals surface area contributed by atoms with E-state index in [2.05, 4.69) is 0 Å². The van der Waals surface area contributed by atoms with Crippen LogP contribution in [0.15, 0.2) is 0 Å². The highest BCUT2D eigenvalue weighted by atomic mass is 16.6. The fraction of sp³-hybridized carbons (Fsp3) is 0.867. The molecule has 1 rings (SSSR count). The molecule has 122 valence electrons. The Hall–Kier alpha value is -1.30. The van der Waals surface area contributed by atoms with Gasteiger partial charge in [0.2, 0.25) is 0 Å². The first-order valence-corrected chi connectivity index (χ1v) is 7.37. The maximum Gasteiger partial charge on any atom is 0.412 e. The topological polar surface area (TPSA) is 65.1 Å². The summed E-state index contributed by atoms with van der Waals surface area (Å²) in [6.07, 6.45) is 0.274. The molecular weight excluding hydrogens is 274 g/mol. The lowest BCUT2D eigenvalue weighted by atomic mass is 9.92. The molecule has 1 heterocycles. The van der Waals surface area contributed by atoms with Crippen LogP contribution in [0.4, 0.5) is 4.79 Å². The minimum atomic E-state index is -0.558. The summed E-state index contributed by atoms with van der Waals surface area (Å²) in [4.78, 5) is 25.4. The standard InChI is InChI=1S/C15H27NO5/c1-7-10(2)13-11(8-12(17)19-6)20-9-16(13)14(18)21-15(3,4)5/h10-11,13H,7-9H2,1-6H3/t10-,11-,13+/m0/s1. The van der Waals surface area contributed by atoms with Crippen LogP contribution in [0.3, 0.4) is 0 Å². The van der Waals surface area contributed by atoms with Gasteiger partial charge in [0.1, 0.15) is 12.3 Å². The summed E-state index contributed by atoms with van der Waals surface area (Å²) in [5.74, 6) is -0.131. The summed E-state index contributed by atoms with van der Waals surface area (Å²) in [5.41, 5.74) is -0.558. The maximum absolute atomic E-state index is 12.3. The summed E-state index contributed by atoms with van der Waals surface area (Å²) in [6.45, 7) is 9.71. The van der Waals surface area contributed by atoms with Gasteiger partial charge in [0.05, 0.1) is 25.7 Å². The van der Waals surface area contributed by atoms with Crippen molar-refractivity contribution in [3.8, 4) is 0 Å². The zero-order chi connectivity index (χ0) is 16.2. The Morgan fingerprint density at radius 1 is 1.38 bits per heavy atom. The summed E-state index contributed by atoms with van der Waals surface area (Å²) >= 11 is 0. The van der Waals surface area contributed by atoms with Crippen molar-refractivity contribution in [3.63, 3.8) is 0 Å². The molecule has 1 aliphatic heterocycles. The van der Waals surface area contributed by atoms with Gasteiger partial charge in [-0.3, -0.25) is 9.69 Å². The van der Waals surface area contributed by atoms with Gasteiger partial charge in [-0.05, 0) is 26.7 Å². The van der Waals surface area contributed by atoms with Crippen molar-refractivity contribution in [2.45, 2.75) is 65.2 Å². The Labute approximate surface area is 126 Å². The first-order chi connectivity index (χ1) is 9.69. The quantitative estimate of drug-likeness (QED) is 0.747. The summed E-state index contributed by atoms with van der Waals surface area (Å²) in [6, 6.07) is -0.177. The second kappa shape index (κ2) is 7.11. The second-order valence-electron chi connectivity index (χ2n) is 6.44. The van der Waals surface area contributed by atoms with Gasteiger partial charge in [0.25, 0.3) is 0 Å². The number of hydrogen-bond acceptors (Lipinski definition) is 5. The van der Waals surface area contributed by atoms with E-state index in [0.717, 1.165) is 6.42 Å². The van der Waals surface area contributed by atoms with Crippen LogP contribution in [-0.4, -0.2) is 48.5 Å². The van der Waals surface area contributed by atoms with Gasteiger partial charge in [0, 0.05) is 0 Å². The minimum Gasteiger partial charge on any atom is -0.469 e. The zero-order valence-electron chi connectivity index (χ0n) is 13.8. The molecule has 0 aromatic rings. The molecule has 0 aromatic carbocycles. The Morgan fingerprint density at radius 2 is 2.00 bits per heavy atom. The predicted octanol–water partition coefficient (Wildman–Crippen LogP) is 2.56. The number of hydrogen-bond donors (Lipinski definition) is 0. The minimum absolute atomic E-state index is 0.144. The monoisotopic (exact) mass is 301 g/mol. The summed E-state index contributed by atoms with van der Waals surface area (Å²) in [7, 11) is 1.35. The third-order valence-electron chi connectivity index (χ3n) is 3.62. The average Bonchev–Trinajstić information content (AvgIpc) is 2.79. The lowest BCUT2D eigenvalue weighted by Gasteiger charge is -2.31. The van der Waals surface area contributed by atoms with Crippen molar-refractivity contribution in [2.75, 3.05) is 13.8 Å². The van der Waals surface area contributed by atoms with Crippen molar-refractivity contribution < 1.29 is 23.8 Å². The van der Waals surface area contributed by atoms with Gasteiger partial charge in [0.15, 0.2) is 0 Å². The second-order valence-corrected chi connectivity index (χ2v) is 6.44. The van der Waals surface area contributed by atoms with Crippen LogP contribution in [0.2, 0.25) is 0 Å². The van der Waals surface area contributed by atoms with Crippen LogP contribution < -0.4 is 0 Å². The van der Waals surface area contributed by atoms with E-state index in [4.69, 9.17) is 14.2 Å². The molecule has 1 fully saturated rings. The van der Waals surface area contributed by atoms with Gasteiger partial charge in [-0.2, -0.15) is 0 Å². The van der Waals surface area contributed by atoms with Crippen molar-refractivity contribution in [2.24, 2.45) is 5.92 Å². The predicted molar refractivity (Wildman–Crippen MR) is 77.7 cm³/mol. The van der Waals surface area contributed by atoms with Crippen molar-refractivity contribution in [1.29, 1.82) is 0 Å². The average molecular weight is 301 g/mol. The molecule has 1 aliphatic rings. The lowest BCUT2D eigenvalue weighted by molar-refractivity contribution is -0.143. The fourth-order valence-electron chi connectivity index (χ4n) is 2.40. The number of nitrogens with zero attached hydrogens (tertiary/aromatic N) is 1. The van der Waals surface area contributed by atoms with Crippen molar-refractivity contribution >= 4 is 12.1 Å². The zero-order valence-corrected chi connectivity index (χ0v) is 13.8. The van der Waals surface area contributed by atoms with Gasteiger partial charge in [-0.15, -0.1) is 0 Å². The van der Waals surface area contributed by atoms with Crippen LogP contribution >= 0.6 is 0 Å². The molecule has 0 radical (unpaired) electrons. The highest BCUT2D eigenvalue weighted by molar-refractivity contribution is 5.71. The molecule has 0 aromatic heterocycles. The number of carbonyl (C=O) groups excluding carboxylic acids is 2. The van der Waals surface area contributed by atoms with Crippen molar-refractivity contribution in [1.82, 2.24) is 4.90 Å². The first kappa shape index (κ1) is 17.8. The van der Waals surface area contributed by atoms with E-state index >= 15 is 0 Å². The molecule has 1 saturated heterocycles. The Bertz CT molecular complexity index is 377. The Kier molecular flexibility index (Phi) is 6.01. The first-order valence-electron chi connectivity index (χ1n) is 7.37. The highest BCUT2D eigenvalue weighted by Crippen LogP contribution is 2.29. The van der Waals surface area contributed by atoms with E-state index in [-0.39, 0.29) is 37.2 Å². The molecular formula is C15H27NO5. The number of ether oxygens (including phenoxy) is 3. The van der Waals surface area contributed by atoms with Crippen LogP contribution in [0.1, 0.15) is 47.5 Å². The van der Waals surface area contributed by atoms with E-state index in [1.54, 1.807) is 4.90 Å². The van der Waals surface area contributed by atoms with Crippen molar-refractivity contribution in [3.05, 3.63) is 0 Å². The van der Waals surface area contributed by atoms with Gasteiger partial charge in [-0.25, -0.2) is 4.79 Å². The highest BCUT2D eigenvalue weighted by Gasteiger charge is 2.43. The molecule has 0 N–H and O–H groups in total. The third kappa shape index (κ3) is 4.88. The number of esters is 1. The SMILES string of the molecule is CC[C@H](C)[C@@H]1[C@H](CC(=O)OC)OCN1C(=O)OC(C)(C)C. The Balaban J connectivity index is 2.84. The molecule has 21 heavy (non-hydrogen) atoms. The third-order valence-corrected chi connectivity index (χ3v) is 3.62. The number of amides is 1. The molecule has 0 saturated carbocycles. The maximum atomic E-state index is 12.3. The Morgan fingerprint density at radius 3 is 2.48 bits per heavy atom. The van der Waals surface area contributed by atoms with Gasteiger partial charge < -0.3 is 14.2 Å². The molecule has 3 atom stereocenters. The van der Waals surface area contributed by atoms with Crippen LogP contribution in [0.5, 0.6) is 0 Å². The molecule has 0 unspecified atom stereocenters. The van der Waals surface area contributed by atoms with Gasteiger partial charge >= 0.3 is 12.1 Å². The number of methoxy groups -OCH3 is 1. The number of rotatable bonds is 4. The molecule has 0 spiro atoms.